The molecular formula is C16H14O5. The first-order valence-electron chi connectivity index (χ1n) is 6.44. The molecule has 1 atom stereocenters. The number of aliphatic hydroxyl groups is 1. The molecule has 1 heterocycles. The molecule has 0 aromatic heterocycles. The van der Waals surface area contributed by atoms with Crippen molar-refractivity contribution >= 4 is 5.78 Å². The van der Waals surface area contributed by atoms with E-state index >= 15 is 0 Å². The van der Waals surface area contributed by atoms with Crippen molar-refractivity contribution in [2.24, 2.45) is 0 Å². The van der Waals surface area contributed by atoms with Gasteiger partial charge in [-0.3, -0.25) is 4.79 Å². The fourth-order valence-electron chi connectivity index (χ4n) is 2.36. The maximum absolute atomic E-state index is 12.3. The van der Waals surface area contributed by atoms with Gasteiger partial charge in [-0.1, -0.05) is 12.1 Å². The maximum atomic E-state index is 12.3. The molecule has 0 radical (unpaired) electrons. The normalized spacial score (nSPS) is 20.0. The van der Waals surface area contributed by atoms with E-state index in [1.165, 1.54) is 18.2 Å². The number of carbonyl (C=O) groups is 1. The molecule has 0 saturated heterocycles. The van der Waals surface area contributed by atoms with E-state index in [4.69, 9.17) is 9.47 Å². The summed E-state index contributed by atoms with van der Waals surface area (Å²) >= 11 is 0. The van der Waals surface area contributed by atoms with Gasteiger partial charge in [0.2, 0.25) is 5.78 Å². The van der Waals surface area contributed by atoms with Crippen molar-refractivity contribution in [3.05, 3.63) is 53.6 Å². The van der Waals surface area contributed by atoms with E-state index in [1.807, 2.05) is 0 Å². The molecule has 1 aliphatic heterocycles. The van der Waals surface area contributed by atoms with E-state index in [2.05, 4.69) is 0 Å². The molecule has 2 N–H and O–H groups in total. The number of methoxy groups -OCH3 is 1. The molecule has 1 aliphatic rings. The molecule has 21 heavy (non-hydrogen) atoms. The Hall–Kier alpha value is -2.53. The van der Waals surface area contributed by atoms with Crippen LogP contribution in [0.2, 0.25) is 0 Å². The number of ketones is 1. The second kappa shape index (κ2) is 4.79. The van der Waals surface area contributed by atoms with Crippen molar-refractivity contribution in [3.63, 3.8) is 0 Å². The van der Waals surface area contributed by atoms with Crippen molar-refractivity contribution in [2.75, 3.05) is 7.11 Å². The second-order valence-electron chi connectivity index (χ2n) is 4.92. The maximum Gasteiger partial charge on any atom is 0.276 e. The van der Waals surface area contributed by atoms with Gasteiger partial charge >= 0.3 is 0 Å². The lowest BCUT2D eigenvalue weighted by Gasteiger charge is -2.20. The summed E-state index contributed by atoms with van der Waals surface area (Å²) in [6, 6.07) is 11.2. The van der Waals surface area contributed by atoms with Crippen molar-refractivity contribution in [1.29, 1.82) is 0 Å². The summed E-state index contributed by atoms with van der Waals surface area (Å²) < 4.78 is 10.4. The van der Waals surface area contributed by atoms with Crippen LogP contribution >= 0.6 is 0 Å². The van der Waals surface area contributed by atoms with Gasteiger partial charge in [-0.15, -0.1) is 0 Å². The number of Topliss-reactive ketones (excluding diaryl/α,β-unsaturated/α-hetero) is 1. The van der Waals surface area contributed by atoms with Crippen LogP contribution in [0.4, 0.5) is 0 Å². The second-order valence-corrected chi connectivity index (χ2v) is 4.92. The largest absolute Gasteiger partial charge is 0.508 e. The summed E-state index contributed by atoms with van der Waals surface area (Å²) in [5.41, 5.74) is 1.01. The third-order valence-corrected chi connectivity index (χ3v) is 3.45. The molecule has 5 nitrogen and oxygen atoms in total. The molecule has 108 valence electrons. The fourth-order valence-corrected chi connectivity index (χ4v) is 2.36. The predicted molar refractivity (Wildman–Crippen MR) is 74.7 cm³/mol. The molecule has 1 unspecified atom stereocenters. The fraction of sp³-hybridized carbons (Fsp3) is 0.188. The van der Waals surface area contributed by atoms with Gasteiger partial charge in [-0.25, -0.2) is 0 Å². The average molecular weight is 286 g/mol. The lowest BCUT2D eigenvalue weighted by molar-refractivity contribution is -0.0888. The van der Waals surface area contributed by atoms with Crippen LogP contribution in [-0.2, 0) is 6.42 Å². The van der Waals surface area contributed by atoms with Gasteiger partial charge in [-0.05, 0) is 29.8 Å². The lowest BCUT2D eigenvalue weighted by atomic mass is 9.99. The summed E-state index contributed by atoms with van der Waals surface area (Å²) in [6.45, 7) is 0. The zero-order valence-electron chi connectivity index (χ0n) is 11.4. The lowest BCUT2D eigenvalue weighted by Crippen LogP contribution is -2.42. The zero-order valence-corrected chi connectivity index (χ0v) is 11.4. The number of phenolic OH excluding ortho intramolecular Hbond substituents is 1. The van der Waals surface area contributed by atoms with Crippen LogP contribution in [0.25, 0.3) is 0 Å². The summed E-state index contributed by atoms with van der Waals surface area (Å²) in [7, 11) is 1.56. The van der Waals surface area contributed by atoms with Gasteiger partial charge in [0, 0.05) is 12.5 Å². The Morgan fingerprint density at radius 2 is 1.90 bits per heavy atom. The number of hydrogen-bond donors (Lipinski definition) is 2. The van der Waals surface area contributed by atoms with Gasteiger partial charge < -0.3 is 19.7 Å². The highest BCUT2D eigenvalue weighted by molar-refractivity contribution is 6.06. The molecule has 0 saturated carbocycles. The Morgan fingerprint density at radius 1 is 1.19 bits per heavy atom. The molecule has 0 bridgehead atoms. The molecule has 3 rings (SSSR count). The Labute approximate surface area is 121 Å². The third-order valence-electron chi connectivity index (χ3n) is 3.45. The Bertz CT molecular complexity index is 692. The predicted octanol–water partition coefficient (Wildman–Crippen LogP) is 1.91. The van der Waals surface area contributed by atoms with E-state index in [0.717, 1.165) is 5.56 Å². The van der Waals surface area contributed by atoms with Gasteiger partial charge in [0.05, 0.1) is 12.7 Å². The van der Waals surface area contributed by atoms with Crippen LogP contribution in [0.15, 0.2) is 42.5 Å². The van der Waals surface area contributed by atoms with Crippen molar-refractivity contribution < 1.29 is 24.5 Å². The molecule has 0 aliphatic carbocycles. The smallest absolute Gasteiger partial charge is 0.276 e. The van der Waals surface area contributed by atoms with Crippen LogP contribution in [0.3, 0.4) is 0 Å². The molecule has 0 amide bonds. The van der Waals surface area contributed by atoms with Gasteiger partial charge in [-0.2, -0.15) is 0 Å². The van der Waals surface area contributed by atoms with E-state index in [-0.39, 0.29) is 23.5 Å². The standard InChI is InChI=1S/C16H14O5/c1-20-12-5-2-10(3-6-12)9-16(19)15(18)13-7-4-11(17)8-14(13)21-16/h2-8,17,19H,9H2,1H3. The highest BCUT2D eigenvalue weighted by Crippen LogP contribution is 2.37. The molecule has 2 aromatic rings. The number of phenols is 1. The summed E-state index contributed by atoms with van der Waals surface area (Å²) in [6.07, 6.45) is 0.0191. The first-order valence-corrected chi connectivity index (χ1v) is 6.44. The quantitative estimate of drug-likeness (QED) is 0.901. The van der Waals surface area contributed by atoms with Crippen molar-refractivity contribution in [2.45, 2.75) is 12.2 Å². The van der Waals surface area contributed by atoms with E-state index in [1.54, 1.807) is 31.4 Å². The molecule has 0 fully saturated rings. The summed E-state index contributed by atoms with van der Waals surface area (Å²) in [5.74, 6) is -1.58. The summed E-state index contributed by atoms with van der Waals surface area (Å²) in [4.78, 5) is 12.3. The highest BCUT2D eigenvalue weighted by atomic mass is 16.6. The number of rotatable bonds is 3. The van der Waals surface area contributed by atoms with Crippen LogP contribution in [0.1, 0.15) is 15.9 Å². The Morgan fingerprint density at radius 3 is 2.57 bits per heavy atom. The highest BCUT2D eigenvalue weighted by Gasteiger charge is 2.46. The van der Waals surface area contributed by atoms with Crippen molar-refractivity contribution in [1.82, 2.24) is 0 Å². The first kappa shape index (κ1) is 13.5. The molecule has 2 aromatic carbocycles. The van der Waals surface area contributed by atoms with Crippen LogP contribution in [0, 0.1) is 0 Å². The number of hydrogen-bond acceptors (Lipinski definition) is 5. The molecule has 5 heteroatoms. The molecular weight excluding hydrogens is 272 g/mol. The number of benzene rings is 2. The minimum atomic E-state index is -1.94. The monoisotopic (exact) mass is 286 g/mol. The summed E-state index contributed by atoms with van der Waals surface area (Å²) in [5, 5.41) is 19.9. The van der Waals surface area contributed by atoms with Crippen molar-refractivity contribution in [3.8, 4) is 17.2 Å². The van der Waals surface area contributed by atoms with E-state index in [0.29, 0.717) is 5.75 Å². The van der Waals surface area contributed by atoms with Gasteiger partial charge in [0.15, 0.2) is 0 Å². The van der Waals surface area contributed by atoms with Gasteiger partial charge in [0.25, 0.3) is 5.79 Å². The Balaban J connectivity index is 1.87. The number of aromatic hydroxyl groups is 1. The zero-order chi connectivity index (χ0) is 15.0. The number of fused-ring (bicyclic) bond motifs is 1. The van der Waals surface area contributed by atoms with Crippen LogP contribution < -0.4 is 9.47 Å². The van der Waals surface area contributed by atoms with E-state index in [9.17, 15) is 15.0 Å². The third kappa shape index (κ3) is 2.32. The minimum absolute atomic E-state index is 0.0183. The molecule has 0 spiro atoms. The number of carbonyl (C=O) groups excluding carboxylic acids is 1. The first-order chi connectivity index (χ1) is 10.0. The van der Waals surface area contributed by atoms with Crippen LogP contribution in [-0.4, -0.2) is 28.9 Å². The SMILES string of the molecule is COc1ccc(CC2(O)Oc3cc(O)ccc3C2=O)cc1. The van der Waals surface area contributed by atoms with Crippen LogP contribution in [0.5, 0.6) is 17.2 Å². The van der Waals surface area contributed by atoms with E-state index < -0.39 is 11.6 Å². The number of ether oxygens (including phenoxy) is 2. The van der Waals surface area contributed by atoms with Gasteiger partial charge in [0.1, 0.15) is 17.2 Å². The Kier molecular flexibility index (Phi) is 3.07. The average Bonchev–Trinajstić information content (AvgIpc) is 2.70. The topological polar surface area (TPSA) is 76.0 Å². The minimum Gasteiger partial charge on any atom is -0.508 e.